The molecule has 3 rings (SSSR count). The van der Waals surface area contributed by atoms with Gasteiger partial charge >= 0.3 is 36.1 Å². The average Bonchev–Trinajstić information content (AvgIpc) is 3.21. The van der Waals surface area contributed by atoms with E-state index < -0.39 is 59.5 Å². The van der Waals surface area contributed by atoms with Crippen molar-refractivity contribution in [1.29, 1.82) is 0 Å². The first-order chi connectivity index (χ1) is 14.9. The van der Waals surface area contributed by atoms with Crippen molar-refractivity contribution in [3.05, 3.63) is 36.0 Å². The fourth-order valence-corrected chi connectivity index (χ4v) is 3.34. The Morgan fingerprint density at radius 1 is 0.970 bits per heavy atom. The van der Waals surface area contributed by atoms with Crippen LogP contribution in [0.3, 0.4) is 0 Å². The van der Waals surface area contributed by atoms with Gasteiger partial charge in [0.2, 0.25) is 0 Å². The molecule has 1 fully saturated rings. The van der Waals surface area contributed by atoms with Crippen LogP contribution >= 0.6 is 0 Å². The second-order valence-corrected chi connectivity index (χ2v) is 7.10. The zero-order chi connectivity index (χ0) is 25.2. The number of carbonyl (C=O) groups is 2. The highest BCUT2D eigenvalue weighted by molar-refractivity contribution is 5.94. The van der Waals surface area contributed by atoms with Crippen LogP contribution in [0.15, 0.2) is 35.5 Å². The van der Waals surface area contributed by atoms with Crippen molar-refractivity contribution in [2.45, 2.75) is 36.0 Å². The maximum absolute atomic E-state index is 13.5. The summed E-state index contributed by atoms with van der Waals surface area (Å²) in [6.45, 7) is 2.72. The summed E-state index contributed by atoms with van der Waals surface area (Å²) < 4.78 is 132. The highest BCUT2D eigenvalue weighted by Gasteiger charge is 2.67. The maximum atomic E-state index is 13.5. The molecule has 1 aromatic carbocycles. The molecule has 0 N–H and O–H groups in total. The molecule has 0 aromatic heterocycles. The number of benzene rings is 1. The van der Waals surface area contributed by atoms with E-state index in [0.717, 1.165) is 24.4 Å². The Balaban J connectivity index is 1.92. The number of likely N-dealkylation sites (tertiary alicyclic amines) is 1. The Morgan fingerprint density at radius 3 is 2.09 bits per heavy atom. The molecule has 0 aliphatic carbocycles. The highest BCUT2D eigenvalue weighted by Crippen LogP contribution is 2.51. The van der Waals surface area contributed by atoms with Crippen molar-refractivity contribution >= 4 is 23.8 Å². The lowest BCUT2D eigenvalue weighted by Gasteiger charge is -2.29. The monoisotopic (exact) mass is 492 g/mol. The van der Waals surface area contributed by atoms with Gasteiger partial charge in [-0.1, -0.05) is 6.58 Å². The highest BCUT2D eigenvalue weighted by atomic mass is 19.4. The lowest BCUT2D eigenvalue weighted by Crippen LogP contribution is -2.51. The topological polar surface area (TPSA) is 59.0 Å². The molecule has 1 amide bonds. The van der Waals surface area contributed by atoms with Crippen molar-refractivity contribution in [1.82, 2.24) is 4.90 Å². The number of nitrogens with zero attached hydrogens (tertiary/aromatic N) is 2. The number of amides is 1. The van der Waals surface area contributed by atoms with Crippen LogP contribution in [0.1, 0.15) is 12.0 Å². The zero-order valence-corrected chi connectivity index (χ0v) is 15.8. The number of ether oxygens (including phenoxy) is 1. The smallest absolute Gasteiger partial charge is 0.422 e. The Morgan fingerprint density at radius 2 is 1.55 bits per heavy atom. The predicted octanol–water partition coefficient (Wildman–Crippen LogP) is 4.69. The van der Waals surface area contributed by atoms with Gasteiger partial charge in [-0.15, -0.1) is 0 Å². The normalized spacial score (nSPS) is 21.0. The standard InChI is InChI=1S/C18H10F10N2O3/c1-8-14(4-5-30(8)12(31)15(19,20)17(23,24)25)7-29-11-3-2-9(6-10(11)14)33-13(32)16(21,22)18(26,27)28/h2-3,6-7H,1,4-5H2. The van der Waals surface area contributed by atoms with Crippen LogP contribution in [-0.2, 0) is 15.0 Å². The Bertz CT molecular complexity index is 1060. The van der Waals surface area contributed by atoms with Crippen LogP contribution in [0.2, 0.25) is 0 Å². The van der Waals surface area contributed by atoms with E-state index >= 15 is 0 Å². The summed E-state index contributed by atoms with van der Waals surface area (Å²) in [5.41, 5.74) is -2.33. The van der Waals surface area contributed by atoms with Crippen molar-refractivity contribution < 1.29 is 58.2 Å². The average molecular weight is 492 g/mol. The molecule has 33 heavy (non-hydrogen) atoms. The minimum atomic E-state index is -6.24. The number of carbonyl (C=O) groups excluding carboxylic acids is 2. The van der Waals surface area contributed by atoms with Gasteiger partial charge in [0, 0.05) is 18.5 Å². The van der Waals surface area contributed by atoms with Crippen LogP contribution in [0.25, 0.3) is 0 Å². The minimum absolute atomic E-state index is 0.00964. The summed E-state index contributed by atoms with van der Waals surface area (Å²) in [5, 5.41) is 0. The first-order valence-corrected chi connectivity index (χ1v) is 8.69. The van der Waals surface area contributed by atoms with E-state index in [0.29, 0.717) is 0 Å². The fourth-order valence-electron chi connectivity index (χ4n) is 3.34. The van der Waals surface area contributed by atoms with E-state index in [1.54, 1.807) is 0 Å². The van der Waals surface area contributed by atoms with Crippen molar-refractivity contribution in [2.75, 3.05) is 6.54 Å². The number of hydrogen-bond donors (Lipinski definition) is 0. The molecule has 1 aromatic rings. The molecular formula is C18H10F10N2O3. The summed E-state index contributed by atoms with van der Waals surface area (Å²) in [6, 6.07) is 2.63. The second-order valence-electron chi connectivity index (χ2n) is 7.10. The minimum Gasteiger partial charge on any atom is -0.422 e. The van der Waals surface area contributed by atoms with Crippen LogP contribution in [0.5, 0.6) is 5.75 Å². The summed E-state index contributed by atoms with van der Waals surface area (Å²) in [7, 11) is 0. The number of halogens is 10. The molecule has 1 saturated heterocycles. The molecule has 1 spiro atoms. The van der Waals surface area contributed by atoms with Crippen LogP contribution < -0.4 is 4.74 Å². The van der Waals surface area contributed by atoms with E-state index in [1.165, 1.54) is 0 Å². The first-order valence-electron chi connectivity index (χ1n) is 8.69. The molecule has 5 nitrogen and oxygen atoms in total. The van der Waals surface area contributed by atoms with Crippen molar-refractivity contribution in [3.8, 4) is 5.75 Å². The molecule has 2 aliphatic heterocycles. The molecule has 2 heterocycles. The van der Waals surface area contributed by atoms with Gasteiger partial charge in [-0.3, -0.25) is 9.79 Å². The molecule has 0 saturated carbocycles. The molecule has 180 valence electrons. The van der Waals surface area contributed by atoms with Gasteiger partial charge in [-0.05, 0) is 30.2 Å². The number of aliphatic imine (C=N–C) groups is 1. The van der Waals surface area contributed by atoms with Crippen LogP contribution in [-0.4, -0.2) is 53.7 Å². The Hall–Kier alpha value is -3.13. The third-order valence-electron chi connectivity index (χ3n) is 5.14. The van der Waals surface area contributed by atoms with E-state index in [2.05, 4.69) is 16.3 Å². The van der Waals surface area contributed by atoms with Gasteiger partial charge in [0.25, 0.3) is 0 Å². The number of fused-ring (bicyclic) bond motifs is 2. The quantitative estimate of drug-likeness (QED) is 0.350. The maximum Gasteiger partial charge on any atom is 0.465 e. The molecule has 2 aliphatic rings. The Kier molecular flexibility index (Phi) is 5.34. The summed E-state index contributed by atoms with van der Waals surface area (Å²) in [4.78, 5) is 27.2. The third-order valence-corrected chi connectivity index (χ3v) is 5.14. The van der Waals surface area contributed by atoms with Crippen LogP contribution in [0.4, 0.5) is 49.6 Å². The van der Waals surface area contributed by atoms with Crippen LogP contribution in [0, 0.1) is 0 Å². The van der Waals surface area contributed by atoms with Gasteiger partial charge in [-0.2, -0.15) is 43.9 Å². The Labute approximate surface area is 177 Å². The number of hydrogen-bond acceptors (Lipinski definition) is 4. The van der Waals surface area contributed by atoms with Gasteiger partial charge in [-0.25, -0.2) is 4.79 Å². The summed E-state index contributed by atoms with van der Waals surface area (Å²) >= 11 is 0. The SMILES string of the molecule is C=C1N(C(=O)C(F)(F)C(F)(F)F)CCC12C=Nc1ccc(OC(=O)C(F)(F)C(F)(F)F)cc12. The number of rotatable bonds is 3. The van der Waals surface area contributed by atoms with E-state index in [-0.39, 0.29) is 22.6 Å². The molecule has 1 atom stereocenters. The van der Waals surface area contributed by atoms with E-state index in [9.17, 15) is 53.5 Å². The van der Waals surface area contributed by atoms with E-state index in [4.69, 9.17) is 0 Å². The lowest BCUT2D eigenvalue weighted by atomic mass is 9.79. The van der Waals surface area contributed by atoms with Gasteiger partial charge in [0.1, 0.15) is 5.75 Å². The van der Waals surface area contributed by atoms with Crippen molar-refractivity contribution in [2.24, 2.45) is 4.99 Å². The fraction of sp³-hybridized carbons (Fsp3) is 0.389. The molecule has 0 bridgehead atoms. The second kappa shape index (κ2) is 7.18. The molecule has 15 heteroatoms. The number of allylic oxidation sites excluding steroid dienone is 1. The largest absolute Gasteiger partial charge is 0.465 e. The van der Waals surface area contributed by atoms with E-state index in [1.807, 2.05) is 0 Å². The number of esters is 1. The summed E-state index contributed by atoms with van der Waals surface area (Å²) in [6.07, 6.45) is -11.7. The molecular weight excluding hydrogens is 482 g/mol. The first kappa shape index (κ1) is 24.5. The lowest BCUT2D eigenvalue weighted by molar-refractivity contribution is -0.276. The van der Waals surface area contributed by atoms with Gasteiger partial charge in [0.15, 0.2) is 0 Å². The summed E-state index contributed by atoms with van der Waals surface area (Å²) in [5.74, 6) is -17.9. The predicted molar refractivity (Wildman–Crippen MR) is 89.4 cm³/mol. The van der Waals surface area contributed by atoms with Gasteiger partial charge < -0.3 is 9.64 Å². The van der Waals surface area contributed by atoms with Gasteiger partial charge in [0.05, 0.1) is 11.1 Å². The third kappa shape index (κ3) is 3.62. The molecule has 1 unspecified atom stereocenters. The van der Waals surface area contributed by atoms with Crippen molar-refractivity contribution in [3.63, 3.8) is 0 Å². The zero-order valence-electron chi connectivity index (χ0n) is 15.8. The number of alkyl halides is 10. The molecule has 0 radical (unpaired) electrons.